The molecule has 0 nitrogen and oxygen atoms in total. The van der Waals surface area contributed by atoms with Crippen LogP contribution < -0.4 is 0 Å². The number of rotatable bonds is 0. The van der Waals surface area contributed by atoms with Gasteiger partial charge in [-0.2, -0.15) is 41.9 Å². The zero-order valence-corrected chi connectivity index (χ0v) is 9.34. The third-order valence-corrected chi connectivity index (χ3v) is 2.02. The molecule has 2 aromatic rings. The van der Waals surface area contributed by atoms with Crippen LogP contribution in [0.15, 0.2) is 48.5 Å². The van der Waals surface area contributed by atoms with Gasteiger partial charge in [0.2, 0.25) is 0 Å². The van der Waals surface area contributed by atoms with Crippen molar-refractivity contribution in [3.05, 3.63) is 58.6 Å². The molecule has 70 valence electrons. The summed E-state index contributed by atoms with van der Waals surface area (Å²) < 4.78 is 0. The van der Waals surface area contributed by atoms with Gasteiger partial charge in [-0.05, 0) is 0 Å². The van der Waals surface area contributed by atoms with Gasteiger partial charge >= 0.3 is 17.1 Å². The number of hydrogen-bond donors (Lipinski definition) is 0. The van der Waals surface area contributed by atoms with Gasteiger partial charge in [0, 0.05) is 0 Å². The van der Waals surface area contributed by atoms with Gasteiger partial charge in [0.05, 0.1) is 0 Å². The van der Waals surface area contributed by atoms with E-state index in [0.717, 1.165) is 0 Å². The Kier molecular flexibility index (Phi) is 7.12. The monoisotopic (exact) mass is 254 g/mol. The molecule has 0 N–H and O–H groups in total. The Hall–Kier alpha value is -0.201. The largest absolute Gasteiger partial charge is 2.00 e. The van der Waals surface area contributed by atoms with Crippen molar-refractivity contribution in [3.8, 4) is 0 Å². The summed E-state index contributed by atoms with van der Waals surface area (Å²) in [6.45, 7) is 0. The Morgan fingerprint density at radius 2 is 1.77 bits per heavy atom. The van der Waals surface area contributed by atoms with E-state index >= 15 is 0 Å². The minimum atomic E-state index is 0. The normalized spacial score (nSPS) is 8.15. The van der Waals surface area contributed by atoms with Crippen LogP contribution in [-0.2, 0) is 17.1 Å². The molecule has 2 aromatic carbocycles. The van der Waals surface area contributed by atoms with Crippen molar-refractivity contribution in [1.82, 2.24) is 0 Å². The van der Waals surface area contributed by atoms with Crippen LogP contribution in [0.4, 0.5) is 0 Å². The molecule has 0 spiro atoms. The molecule has 0 heterocycles. The molecule has 0 saturated carbocycles. The van der Waals surface area contributed by atoms with Gasteiger partial charge in [0.15, 0.2) is 0 Å². The molecule has 3 heteroatoms. The second kappa shape index (κ2) is 7.23. The summed E-state index contributed by atoms with van der Waals surface area (Å²) in [5.74, 6) is 0. The Balaban J connectivity index is 0.000000215. The molecule has 0 amide bonds. The van der Waals surface area contributed by atoms with E-state index in [0.29, 0.717) is 10.0 Å². The average Bonchev–Trinajstić information content (AvgIpc) is 2.67. The first-order valence-corrected chi connectivity index (χ1v) is 4.29. The topological polar surface area (TPSA) is 0 Å². The number of halogens is 2. The molecule has 0 aliphatic carbocycles. The fourth-order valence-corrected chi connectivity index (χ4v) is 0.969. The van der Waals surface area contributed by atoms with Gasteiger partial charge < -0.3 is 0 Å². The summed E-state index contributed by atoms with van der Waals surface area (Å²) >= 11 is 11.0. The van der Waals surface area contributed by atoms with Crippen molar-refractivity contribution in [2.45, 2.75) is 0 Å². The fourth-order valence-electron chi connectivity index (χ4n) is 0.697. The van der Waals surface area contributed by atoms with Gasteiger partial charge in [-0.15, -0.1) is 11.6 Å². The zero-order chi connectivity index (χ0) is 8.81. The molecule has 0 fully saturated rings. The standard InChI is InChI=1S/C5H3Cl2.C5H5.Fe/c6-4-2-1-3-5(4)7;1-2-4-5-3-1;/h1-3H;1-5H;/q2*-1;+2. The van der Waals surface area contributed by atoms with Crippen LogP contribution in [0, 0.1) is 0 Å². The molecule has 2 rings (SSSR count). The molecule has 0 saturated heterocycles. The van der Waals surface area contributed by atoms with Crippen molar-refractivity contribution >= 4 is 23.2 Å². The van der Waals surface area contributed by atoms with Crippen LogP contribution in [0.1, 0.15) is 0 Å². The predicted molar refractivity (Wildman–Crippen MR) is 54.1 cm³/mol. The molecule has 13 heavy (non-hydrogen) atoms. The van der Waals surface area contributed by atoms with Crippen LogP contribution in [0.5, 0.6) is 0 Å². The van der Waals surface area contributed by atoms with Crippen LogP contribution in [0.2, 0.25) is 10.0 Å². The zero-order valence-electron chi connectivity index (χ0n) is 6.73. The molecule has 0 unspecified atom stereocenters. The maximum atomic E-state index is 5.49. The summed E-state index contributed by atoms with van der Waals surface area (Å²) in [6.07, 6.45) is 0. The van der Waals surface area contributed by atoms with E-state index in [1.54, 1.807) is 12.1 Å². The Morgan fingerprint density at radius 1 is 1.15 bits per heavy atom. The van der Waals surface area contributed by atoms with Gasteiger partial charge in [-0.1, -0.05) is 10.0 Å². The Morgan fingerprint density at radius 3 is 1.92 bits per heavy atom. The fraction of sp³-hybridized carbons (Fsp3) is 0. The summed E-state index contributed by atoms with van der Waals surface area (Å²) in [5.41, 5.74) is 0. The number of hydrogen-bond acceptors (Lipinski definition) is 0. The predicted octanol–water partition coefficient (Wildman–Crippen LogP) is 4.12. The van der Waals surface area contributed by atoms with Crippen LogP contribution in [-0.4, -0.2) is 0 Å². The molecule has 0 aliphatic heterocycles. The molecule has 0 aliphatic rings. The van der Waals surface area contributed by atoms with E-state index in [2.05, 4.69) is 0 Å². The minimum absolute atomic E-state index is 0. The summed E-state index contributed by atoms with van der Waals surface area (Å²) in [5, 5.41) is 1.25. The quantitative estimate of drug-likeness (QED) is 0.490. The van der Waals surface area contributed by atoms with Crippen molar-refractivity contribution in [3.63, 3.8) is 0 Å². The first-order valence-electron chi connectivity index (χ1n) is 3.54. The van der Waals surface area contributed by atoms with Crippen molar-refractivity contribution in [1.29, 1.82) is 0 Å². The third-order valence-electron chi connectivity index (χ3n) is 1.27. The van der Waals surface area contributed by atoms with E-state index in [1.807, 2.05) is 36.4 Å². The first kappa shape index (κ1) is 12.8. The van der Waals surface area contributed by atoms with Crippen molar-refractivity contribution in [2.75, 3.05) is 0 Å². The van der Waals surface area contributed by atoms with Crippen LogP contribution >= 0.6 is 23.2 Å². The molecule has 0 radical (unpaired) electrons. The van der Waals surface area contributed by atoms with Crippen LogP contribution in [0.25, 0.3) is 0 Å². The molecular weight excluding hydrogens is 247 g/mol. The second-order valence-corrected chi connectivity index (χ2v) is 3.00. The van der Waals surface area contributed by atoms with Crippen molar-refractivity contribution in [2.24, 2.45) is 0 Å². The SMILES string of the molecule is Clc1ccc[c-]1Cl.[Fe+2].c1cc[cH-]c1. The molecular formula is C10H8Cl2Fe. The summed E-state index contributed by atoms with van der Waals surface area (Å²) in [6, 6.07) is 15.3. The maximum absolute atomic E-state index is 5.49. The summed E-state index contributed by atoms with van der Waals surface area (Å²) in [4.78, 5) is 0. The second-order valence-electron chi connectivity index (χ2n) is 2.18. The van der Waals surface area contributed by atoms with E-state index in [9.17, 15) is 0 Å². The van der Waals surface area contributed by atoms with Gasteiger partial charge in [-0.25, -0.2) is 18.2 Å². The Labute approximate surface area is 98.7 Å². The summed E-state index contributed by atoms with van der Waals surface area (Å²) in [7, 11) is 0. The molecule has 0 aromatic heterocycles. The van der Waals surface area contributed by atoms with E-state index in [1.165, 1.54) is 0 Å². The van der Waals surface area contributed by atoms with Crippen LogP contribution in [0.3, 0.4) is 0 Å². The van der Waals surface area contributed by atoms with Gasteiger partial charge in [-0.3, -0.25) is 0 Å². The van der Waals surface area contributed by atoms with Crippen molar-refractivity contribution < 1.29 is 17.1 Å². The smallest absolute Gasteiger partial charge is 0.214 e. The van der Waals surface area contributed by atoms with E-state index in [-0.39, 0.29) is 17.1 Å². The van der Waals surface area contributed by atoms with Gasteiger partial charge in [0.1, 0.15) is 0 Å². The molecule has 0 bridgehead atoms. The third kappa shape index (κ3) is 5.17. The Bertz CT molecular complexity index is 265. The van der Waals surface area contributed by atoms with E-state index in [4.69, 9.17) is 23.2 Å². The average molecular weight is 255 g/mol. The van der Waals surface area contributed by atoms with Gasteiger partial charge in [0.25, 0.3) is 0 Å². The maximum Gasteiger partial charge on any atom is 2.00 e. The molecule has 0 atom stereocenters. The first-order chi connectivity index (χ1) is 5.80. The van der Waals surface area contributed by atoms with E-state index < -0.39 is 0 Å². The minimum Gasteiger partial charge on any atom is -0.214 e.